The lowest BCUT2D eigenvalue weighted by Crippen LogP contribution is -2.41. The van der Waals surface area contributed by atoms with Crippen LogP contribution in [0.1, 0.15) is 32.6 Å². The molecular weight excluding hydrogens is 235 g/mol. The zero-order valence-electron chi connectivity index (χ0n) is 10.4. The fourth-order valence-electron chi connectivity index (χ4n) is 2.08. The van der Waals surface area contributed by atoms with Crippen LogP contribution in [0.5, 0.6) is 5.75 Å². The van der Waals surface area contributed by atoms with Crippen LogP contribution in [0.25, 0.3) is 0 Å². The Hall–Kier alpha value is -1.65. The number of aromatic nitrogens is 1. The molecule has 4 nitrogen and oxygen atoms in total. The van der Waals surface area contributed by atoms with Gasteiger partial charge in [-0.15, -0.1) is 0 Å². The number of carbonyl (C=O) groups is 1. The molecule has 1 aliphatic rings. The van der Waals surface area contributed by atoms with Crippen LogP contribution in [0.3, 0.4) is 0 Å². The van der Waals surface area contributed by atoms with Crippen LogP contribution in [-0.2, 0) is 4.79 Å². The van der Waals surface area contributed by atoms with Crippen molar-refractivity contribution in [2.24, 2.45) is 0 Å². The van der Waals surface area contributed by atoms with Crippen LogP contribution in [0.2, 0.25) is 0 Å². The second-order valence-electron chi connectivity index (χ2n) is 4.57. The first-order valence-electron chi connectivity index (χ1n) is 6.24. The molecule has 0 spiro atoms. The molecule has 1 aliphatic carbocycles. The Labute approximate surface area is 106 Å². The summed E-state index contributed by atoms with van der Waals surface area (Å²) in [6.07, 6.45) is 5.09. The number of ether oxygens (including phenoxy) is 1. The Bertz CT molecular complexity index is 402. The van der Waals surface area contributed by atoms with Gasteiger partial charge in [0.25, 0.3) is 5.91 Å². The van der Waals surface area contributed by atoms with Crippen molar-refractivity contribution in [1.82, 2.24) is 10.3 Å². The molecule has 0 aromatic carbocycles. The van der Waals surface area contributed by atoms with Crippen molar-refractivity contribution in [1.29, 1.82) is 0 Å². The number of nitrogens with zero attached hydrogens (tertiary/aromatic N) is 1. The Morgan fingerprint density at radius 3 is 2.83 bits per heavy atom. The largest absolute Gasteiger partial charge is 0.479 e. The predicted molar refractivity (Wildman–Crippen MR) is 64.7 cm³/mol. The van der Waals surface area contributed by atoms with E-state index < -0.39 is 12.1 Å². The Morgan fingerprint density at radius 2 is 2.22 bits per heavy atom. The monoisotopic (exact) mass is 252 g/mol. The normalized spacial score (nSPS) is 17.4. The summed E-state index contributed by atoms with van der Waals surface area (Å²) in [5, 5.41) is 2.95. The molecule has 0 saturated heterocycles. The Balaban J connectivity index is 1.84. The zero-order chi connectivity index (χ0) is 13.0. The van der Waals surface area contributed by atoms with Gasteiger partial charge in [0.1, 0.15) is 5.75 Å². The van der Waals surface area contributed by atoms with E-state index in [9.17, 15) is 9.18 Å². The average molecular weight is 252 g/mol. The highest BCUT2D eigenvalue weighted by atomic mass is 19.1. The zero-order valence-corrected chi connectivity index (χ0v) is 10.4. The van der Waals surface area contributed by atoms with Gasteiger partial charge in [-0.05, 0) is 31.9 Å². The van der Waals surface area contributed by atoms with E-state index in [1.807, 2.05) is 0 Å². The molecule has 1 heterocycles. The summed E-state index contributed by atoms with van der Waals surface area (Å²) in [5.74, 6) is -0.304. The quantitative estimate of drug-likeness (QED) is 0.834. The minimum atomic E-state index is -0.599. The molecule has 1 saturated carbocycles. The Kier molecular flexibility index (Phi) is 4.12. The third-order valence-electron chi connectivity index (χ3n) is 3.08. The van der Waals surface area contributed by atoms with Crippen LogP contribution in [0, 0.1) is 5.95 Å². The second-order valence-corrected chi connectivity index (χ2v) is 4.57. The molecule has 1 aromatic heterocycles. The van der Waals surface area contributed by atoms with Crippen molar-refractivity contribution >= 4 is 5.91 Å². The molecule has 2 rings (SSSR count). The van der Waals surface area contributed by atoms with Gasteiger partial charge in [0, 0.05) is 6.04 Å². The maximum absolute atomic E-state index is 12.6. The summed E-state index contributed by atoms with van der Waals surface area (Å²) < 4.78 is 18.0. The summed E-state index contributed by atoms with van der Waals surface area (Å²) in [5.41, 5.74) is 0. The molecule has 1 atom stereocenters. The molecular formula is C13H17FN2O2. The lowest BCUT2D eigenvalue weighted by molar-refractivity contribution is -0.127. The van der Waals surface area contributed by atoms with Crippen LogP contribution in [0.4, 0.5) is 4.39 Å². The van der Waals surface area contributed by atoms with E-state index in [1.165, 1.54) is 31.2 Å². The van der Waals surface area contributed by atoms with Gasteiger partial charge in [0.15, 0.2) is 6.10 Å². The van der Waals surface area contributed by atoms with E-state index in [-0.39, 0.29) is 11.9 Å². The van der Waals surface area contributed by atoms with Crippen molar-refractivity contribution < 1.29 is 13.9 Å². The van der Waals surface area contributed by atoms with Gasteiger partial charge in [-0.25, -0.2) is 4.98 Å². The molecule has 1 amide bonds. The molecule has 1 N–H and O–H groups in total. The number of hydrogen-bond acceptors (Lipinski definition) is 3. The van der Waals surface area contributed by atoms with Gasteiger partial charge >= 0.3 is 0 Å². The summed E-state index contributed by atoms with van der Waals surface area (Å²) in [6, 6.07) is 2.94. The SMILES string of the molecule is CC(Oc1ccc(F)nc1)C(=O)NC1CCCC1. The van der Waals surface area contributed by atoms with Crippen molar-refractivity contribution in [3.63, 3.8) is 0 Å². The van der Waals surface area contributed by atoms with Gasteiger partial charge in [-0.2, -0.15) is 4.39 Å². The minimum absolute atomic E-state index is 0.133. The minimum Gasteiger partial charge on any atom is -0.479 e. The number of hydrogen-bond donors (Lipinski definition) is 1. The molecule has 1 fully saturated rings. The van der Waals surface area contributed by atoms with Crippen LogP contribution in [0.15, 0.2) is 18.3 Å². The summed E-state index contributed by atoms with van der Waals surface area (Å²) in [4.78, 5) is 15.3. The number of rotatable bonds is 4. The van der Waals surface area contributed by atoms with E-state index in [0.29, 0.717) is 5.75 Å². The number of halogens is 1. The lowest BCUT2D eigenvalue weighted by atomic mass is 10.2. The summed E-state index contributed by atoms with van der Waals surface area (Å²) in [6.45, 7) is 1.67. The van der Waals surface area contributed by atoms with Crippen LogP contribution in [-0.4, -0.2) is 23.0 Å². The van der Waals surface area contributed by atoms with Crippen molar-refractivity contribution in [3.05, 3.63) is 24.3 Å². The lowest BCUT2D eigenvalue weighted by Gasteiger charge is -2.17. The molecule has 98 valence electrons. The fraction of sp³-hybridized carbons (Fsp3) is 0.538. The standard InChI is InChI=1S/C13H17FN2O2/c1-9(13(17)16-10-4-2-3-5-10)18-11-6-7-12(14)15-8-11/h6-10H,2-5H2,1H3,(H,16,17). The molecule has 1 aromatic rings. The summed E-state index contributed by atoms with van der Waals surface area (Å²) >= 11 is 0. The van der Waals surface area contributed by atoms with Crippen molar-refractivity contribution in [2.75, 3.05) is 0 Å². The topological polar surface area (TPSA) is 51.2 Å². The van der Waals surface area contributed by atoms with Gasteiger partial charge in [-0.1, -0.05) is 12.8 Å². The van der Waals surface area contributed by atoms with E-state index in [2.05, 4.69) is 10.3 Å². The second kappa shape index (κ2) is 5.80. The highest BCUT2D eigenvalue weighted by Crippen LogP contribution is 2.18. The van der Waals surface area contributed by atoms with Gasteiger partial charge in [-0.3, -0.25) is 4.79 Å². The first kappa shape index (κ1) is 12.8. The van der Waals surface area contributed by atoms with Crippen molar-refractivity contribution in [3.8, 4) is 5.75 Å². The number of carbonyl (C=O) groups excluding carboxylic acids is 1. The molecule has 18 heavy (non-hydrogen) atoms. The third-order valence-corrected chi connectivity index (χ3v) is 3.08. The fourth-order valence-corrected chi connectivity index (χ4v) is 2.08. The highest BCUT2D eigenvalue weighted by Gasteiger charge is 2.21. The van der Waals surface area contributed by atoms with Crippen LogP contribution < -0.4 is 10.1 Å². The smallest absolute Gasteiger partial charge is 0.260 e. The first-order valence-corrected chi connectivity index (χ1v) is 6.24. The van der Waals surface area contributed by atoms with E-state index in [0.717, 1.165) is 12.8 Å². The number of nitrogens with one attached hydrogen (secondary N) is 1. The maximum atomic E-state index is 12.6. The number of pyridine rings is 1. The van der Waals surface area contributed by atoms with Gasteiger partial charge in [0.2, 0.25) is 5.95 Å². The third kappa shape index (κ3) is 3.42. The van der Waals surface area contributed by atoms with Crippen molar-refractivity contribution in [2.45, 2.75) is 44.8 Å². The van der Waals surface area contributed by atoms with E-state index in [4.69, 9.17) is 4.74 Å². The number of amides is 1. The molecule has 0 radical (unpaired) electrons. The summed E-state index contributed by atoms with van der Waals surface area (Å²) in [7, 11) is 0. The van der Waals surface area contributed by atoms with E-state index in [1.54, 1.807) is 6.92 Å². The average Bonchev–Trinajstić information content (AvgIpc) is 2.85. The Morgan fingerprint density at radius 1 is 1.50 bits per heavy atom. The van der Waals surface area contributed by atoms with Gasteiger partial charge < -0.3 is 10.1 Å². The van der Waals surface area contributed by atoms with Crippen LogP contribution >= 0.6 is 0 Å². The van der Waals surface area contributed by atoms with E-state index >= 15 is 0 Å². The molecule has 0 aliphatic heterocycles. The molecule has 5 heteroatoms. The predicted octanol–water partition coefficient (Wildman–Crippen LogP) is 2.05. The van der Waals surface area contributed by atoms with Gasteiger partial charge in [0.05, 0.1) is 6.20 Å². The molecule has 1 unspecified atom stereocenters. The highest BCUT2D eigenvalue weighted by molar-refractivity contribution is 5.81. The first-order chi connectivity index (χ1) is 8.65. The maximum Gasteiger partial charge on any atom is 0.260 e. The molecule has 0 bridgehead atoms.